The standard InChI is InChI=1S/C24H32Cl2O6/c1-4-31-21(30)24(32-20(29)19(25)26)10-8-16-15-6-5-13-11-14(27)7-9-22(13,2)18(15)17(28)12-23(16,24)3/h11,15-19,28H,4-10,12H2,1-3H3/t15-,16-,17+,18+,22-,23-,24-/m0/s1. The molecule has 0 aromatic carbocycles. The smallest absolute Gasteiger partial charge is 0.351 e. The topological polar surface area (TPSA) is 89.9 Å². The van der Waals surface area contributed by atoms with E-state index in [0.29, 0.717) is 25.7 Å². The van der Waals surface area contributed by atoms with Gasteiger partial charge in [-0.05, 0) is 74.7 Å². The van der Waals surface area contributed by atoms with E-state index in [1.54, 1.807) is 13.0 Å². The highest BCUT2D eigenvalue weighted by Crippen LogP contribution is 2.68. The van der Waals surface area contributed by atoms with Gasteiger partial charge in [-0.3, -0.25) is 4.79 Å². The van der Waals surface area contributed by atoms with Crippen LogP contribution in [-0.2, 0) is 23.9 Å². The molecule has 7 atom stereocenters. The molecule has 0 amide bonds. The van der Waals surface area contributed by atoms with E-state index in [-0.39, 0.29) is 35.6 Å². The number of aliphatic hydroxyl groups is 1. The average molecular weight is 487 g/mol. The fourth-order valence-electron chi connectivity index (χ4n) is 7.68. The van der Waals surface area contributed by atoms with Crippen molar-refractivity contribution in [3.8, 4) is 0 Å². The van der Waals surface area contributed by atoms with E-state index in [4.69, 9.17) is 32.7 Å². The summed E-state index contributed by atoms with van der Waals surface area (Å²) < 4.78 is 11.2. The van der Waals surface area contributed by atoms with Crippen LogP contribution in [0, 0.1) is 28.6 Å². The highest BCUT2D eigenvalue weighted by atomic mass is 35.5. The van der Waals surface area contributed by atoms with Crippen LogP contribution in [0.25, 0.3) is 0 Å². The van der Waals surface area contributed by atoms with Crippen molar-refractivity contribution >= 4 is 40.9 Å². The number of halogens is 2. The lowest BCUT2D eigenvalue weighted by molar-refractivity contribution is -0.213. The SMILES string of the molecule is CCOC(=O)[C@@]1(OC(=O)C(Cl)Cl)CC[C@H]2[C@@H]3CCC4=CC(=O)CC[C@]4(C)[C@H]3[C@H](O)C[C@@]21C. The van der Waals surface area contributed by atoms with Crippen LogP contribution in [0.15, 0.2) is 11.6 Å². The lowest BCUT2D eigenvalue weighted by Gasteiger charge is -2.60. The first-order chi connectivity index (χ1) is 15.0. The molecule has 0 aliphatic heterocycles. The Morgan fingerprint density at radius 1 is 1.22 bits per heavy atom. The number of ketones is 1. The average Bonchev–Trinajstić information content (AvgIpc) is 3.01. The predicted molar refractivity (Wildman–Crippen MR) is 119 cm³/mol. The van der Waals surface area contributed by atoms with Crippen LogP contribution in [-0.4, -0.2) is 46.0 Å². The first kappa shape index (κ1) is 24.0. The van der Waals surface area contributed by atoms with Crippen LogP contribution in [0.5, 0.6) is 0 Å². The number of aliphatic hydroxyl groups excluding tert-OH is 1. The molecule has 0 unspecified atom stereocenters. The molecule has 0 saturated heterocycles. The van der Waals surface area contributed by atoms with Crippen LogP contribution in [0.4, 0.5) is 0 Å². The molecule has 32 heavy (non-hydrogen) atoms. The Hall–Kier alpha value is -1.11. The van der Waals surface area contributed by atoms with Crippen LogP contribution >= 0.6 is 23.2 Å². The number of ether oxygens (including phenoxy) is 2. The number of fused-ring (bicyclic) bond motifs is 5. The third kappa shape index (κ3) is 3.35. The molecule has 3 saturated carbocycles. The third-order valence-corrected chi connectivity index (χ3v) is 9.43. The van der Waals surface area contributed by atoms with Gasteiger partial charge in [-0.25, -0.2) is 9.59 Å². The zero-order valence-electron chi connectivity index (χ0n) is 18.9. The van der Waals surface area contributed by atoms with Gasteiger partial charge in [0.05, 0.1) is 12.7 Å². The largest absolute Gasteiger partial charge is 0.463 e. The molecule has 178 valence electrons. The van der Waals surface area contributed by atoms with E-state index in [1.165, 1.54) is 0 Å². The molecule has 4 aliphatic carbocycles. The van der Waals surface area contributed by atoms with Crippen LogP contribution in [0.2, 0.25) is 0 Å². The van der Waals surface area contributed by atoms with Gasteiger partial charge in [0.25, 0.3) is 0 Å². The predicted octanol–water partition coefficient (Wildman–Crippen LogP) is 4.14. The van der Waals surface area contributed by atoms with E-state index in [1.807, 2.05) is 6.92 Å². The zero-order chi connectivity index (χ0) is 23.5. The zero-order valence-corrected chi connectivity index (χ0v) is 20.4. The second-order valence-corrected chi connectivity index (χ2v) is 11.5. The molecule has 0 bridgehead atoms. The Morgan fingerprint density at radius 2 is 1.94 bits per heavy atom. The minimum absolute atomic E-state index is 0.00354. The summed E-state index contributed by atoms with van der Waals surface area (Å²) in [5.74, 6) is -1.09. The molecule has 8 heteroatoms. The van der Waals surface area contributed by atoms with Crippen LogP contribution in [0.3, 0.4) is 0 Å². The highest BCUT2D eigenvalue weighted by Gasteiger charge is 2.71. The van der Waals surface area contributed by atoms with Gasteiger partial charge in [-0.1, -0.05) is 42.6 Å². The van der Waals surface area contributed by atoms with E-state index in [0.717, 1.165) is 24.8 Å². The molecule has 0 radical (unpaired) electrons. The van der Waals surface area contributed by atoms with Gasteiger partial charge in [0.2, 0.25) is 10.4 Å². The molecule has 4 aliphatic rings. The van der Waals surface area contributed by atoms with Crippen LogP contribution in [0.1, 0.15) is 65.7 Å². The summed E-state index contributed by atoms with van der Waals surface area (Å²) in [5.41, 5.74) is -1.43. The Balaban J connectivity index is 1.74. The van der Waals surface area contributed by atoms with Crippen LogP contribution < -0.4 is 0 Å². The van der Waals surface area contributed by atoms with Gasteiger partial charge in [-0.15, -0.1) is 0 Å². The van der Waals surface area contributed by atoms with Crippen molar-refractivity contribution in [2.75, 3.05) is 6.61 Å². The van der Waals surface area contributed by atoms with Crippen molar-refractivity contribution < 1.29 is 29.0 Å². The number of esters is 2. The van der Waals surface area contributed by atoms with Gasteiger partial charge in [0.15, 0.2) is 5.78 Å². The quantitative estimate of drug-likeness (QED) is 0.474. The second kappa shape index (κ2) is 8.28. The Morgan fingerprint density at radius 3 is 2.59 bits per heavy atom. The summed E-state index contributed by atoms with van der Waals surface area (Å²) in [6.07, 6.45) is 5.26. The van der Waals surface area contributed by atoms with Crippen molar-refractivity contribution in [3.05, 3.63) is 11.6 Å². The minimum Gasteiger partial charge on any atom is -0.463 e. The third-order valence-electron chi connectivity index (χ3n) is 9.07. The van der Waals surface area contributed by atoms with Crippen molar-refractivity contribution in [1.29, 1.82) is 0 Å². The summed E-state index contributed by atoms with van der Waals surface area (Å²) in [4.78, 5) is 36.4. The fourth-order valence-corrected chi connectivity index (χ4v) is 7.77. The Labute approximate surface area is 199 Å². The van der Waals surface area contributed by atoms with Gasteiger partial charge in [0, 0.05) is 11.8 Å². The highest BCUT2D eigenvalue weighted by molar-refractivity contribution is 6.53. The second-order valence-electron chi connectivity index (χ2n) is 10.4. The maximum atomic E-state index is 13.3. The number of hydrogen-bond acceptors (Lipinski definition) is 6. The number of carbonyl (C=O) groups excluding carboxylic acids is 3. The molecule has 0 spiro atoms. The number of carbonyl (C=O) groups is 3. The minimum atomic E-state index is -1.53. The van der Waals surface area contributed by atoms with Gasteiger partial charge >= 0.3 is 11.9 Å². The first-order valence-corrected chi connectivity index (χ1v) is 12.5. The maximum Gasteiger partial charge on any atom is 0.351 e. The molecular formula is C24H32Cl2O6. The van der Waals surface area contributed by atoms with Gasteiger partial charge in [-0.2, -0.15) is 0 Å². The fraction of sp³-hybridized carbons (Fsp3) is 0.792. The lowest BCUT2D eigenvalue weighted by atomic mass is 9.45. The number of alkyl halides is 2. The van der Waals surface area contributed by atoms with Crippen molar-refractivity contribution in [2.24, 2.45) is 28.6 Å². The summed E-state index contributed by atoms with van der Waals surface area (Å²) >= 11 is 11.5. The number of hydrogen-bond donors (Lipinski definition) is 1. The lowest BCUT2D eigenvalue weighted by Crippen LogP contribution is -2.63. The number of rotatable bonds is 4. The van der Waals surface area contributed by atoms with Gasteiger partial charge < -0.3 is 14.6 Å². The monoisotopic (exact) mass is 486 g/mol. The summed E-state index contributed by atoms with van der Waals surface area (Å²) in [7, 11) is 0. The van der Waals surface area contributed by atoms with E-state index in [9.17, 15) is 19.5 Å². The molecule has 6 nitrogen and oxygen atoms in total. The molecule has 0 aromatic rings. The summed E-state index contributed by atoms with van der Waals surface area (Å²) in [6.45, 7) is 5.97. The Kier molecular flexibility index (Phi) is 6.22. The normalized spacial score (nSPS) is 43.1. The van der Waals surface area contributed by atoms with E-state index in [2.05, 4.69) is 6.92 Å². The first-order valence-electron chi connectivity index (χ1n) is 11.6. The van der Waals surface area contributed by atoms with Gasteiger partial charge in [0.1, 0.15) is 0 Å². The van der Waals surface area contributed by atoms with Crippen molar-refractivity contribution in [2.45, 2.75) is 82.3 Å². The van der Waals surface area contributed by atoms with Crippen molar-refractivity contribution in [3.63, 3.8) is 0 Å². The molecule has 3 fully saturated rings. The van der Waals surface area contributed by atoms with E-state index >= 15 is 0 Å². The number of allylic oxidation sites excluding steroid dienone is 1. The Bertz CT molecular complexity index is 855. The summed E-state index contributed by atoms with van der Waals surface area (Å²) in [5, 5.41) is 11.5. The molecule has 0 heterocycles. The molecule has 1 N–H and O–H groups in total. The summed E-state index contributed by atoms with van der Waals surface area (Å²) in [6, 6.07) is 0. The molecule has 4 rings (SSSR count). The van der Waals surface area contributed by atoms with E-state index < -0.39 is 33.9 Å². The van der Waals surface area contributed by atoms with Crippen molar-refractivity contribution in [1.82, 2.24) is 0 Å². The molecule has 0 aromatic heterocycles. The maximum absolute atomic E-state index is 13.3. The molecular weight excluding hydrogens is 455 g/mol.